The van der Waals surface area contributed by atoms with Gasteiger partial charge < -0.3 is 0 Å². The lowest BCUT2D eigenvalue weighted by Gasteiger charge is -2.16. The van der Waals surface area contributed by atoms with Gasteiger partial charge in [-0.1, -0.05) is 97.1 Å². The molecule has 1 aromatic heterocycles. The predicted molar refractivity (Wildman–Crippen MR) is 150 cm³/mol. The molecule has 35 heavy (non-hydrogen) atoms. The second kappa shape index (κ2) is 7.78. The number of benzene rings is 6. The Morgan fingerprint density at radius 3 is 1.71 bits per heavy atom. The normalized spacial score (nSPS) is 11.6. The molecular formula is C34H23N. The maximum absolute atomic E-state index is 4.89. The van der Waals surface area contributed by atoms with Gasteiger partial charge in [0.1, 0.15) is 0 Å². The van der Waals surface area contributed by atoms with Gasteiger partial charge in [-0.15, -0.1) is 0 Å². The highest BCUT2D eigenvalue weighted by Crippen LogP contribution is 2.40. The van der Waals surface area contributed by atoms with Gasteiger partial charge in [-0.2, -0.15) is 0 Å². The van der Waals surface area contributed by atoms with Crippen LogP contribution in [0.15, 0.2) is 121 Å². The number of aryl methyl sites for hydroxylation is 1. The van der Waals surface area contributed by atoms with Crippen molar-refractivity contribution in [2.24, 2.45) is 0 Å². The molecule has 0 unspecified atom stereocenters. The summed E-state index contributed by atoms with van der Waals surface area (Å²) in [6.45, 7) is 2.23. The van der Waals surface area contributed by atoms with Crippen LogP contribution in [-0.2, 0) is 0 Å². The van der Waals surface area contributed by atoms with E-state index in [0.717, 1.165) is 16.8 Å². The molecule has 7 rings (SSSR count). The van der Waals surface area contributed by atoms with Crippen LogP contribution in [0.4, 0.5) is 0 Å². The second-order valence-corrected chi connectivity index (χ2v) is 9.26. The Labute approximate surface area is 204 Å². The maximum Gasteiger partial charge on any atom is 0.0709 e. The van der Waals surface area contributed by atoms with E-state index in [-0.39, 0.29) is 0 Å². The number of para-hydroxylation sites is 1. The molecule has 7 aromatic rings. The minimum absolute atomic E-state index is 1.00. The van der Waals surface area contributed by atoms with Gasteiger partial charge in [-0.05, 0) is 80.2 Å². The number of hydrogen-bond acceptors (Lipinski definition) is 1. The van der Waals surface area contributed by atoms with Crippen molar-refractivity contribution < 1.29 is 0 Å². The Bertz CT molecular complexity index is 1860. The number of fused-ring (bicyclic) bond motifs is 4. The Balaban J connectivity index is 1.41. The fraction of sp³-hybridized carbons (Fsp3) is 0.0294. The largest absolute Gasteiger partial charge is 0.248 e. The molecule has 0 bridgehead atoms. The van der Waals surface area contributed by atoms with E-state index in [1.54, 1.807) is 0 Å². The number of rotatable bonds is 2. The molecule has 0 saturated carbocycles. The first kappa shape index (κ1) is 19.9. The lowest BCUT2D eigenvalue weighted by Crippen LogP contribution is -1.90. The Morgan fingerprint density at radius 2 is 1.00 bits per heavy atom. The highest BCUT2D eigenvalue weighted by atomic mass is 14.7. The SMILES string of the molecule is Cc1c2ccccc2c(-c2ccc3cc(-c4ccc5ccccc5n4)ccc3c2)c2ccccc12. The third kappa shape index (κ3) is 3.20. The molecule has 0 saturated heterocycles. The van der Waals surface area contributed by atoms with Gasteiger partial charge in [0.15, 0.2) is 0 Å². The lowest BCUT2D eigenvalue weighted by molar-refractivity contribution is 1.40. The first-order valence-electron chi connectivity index (χ1n) is 12.1. The van der Waals surface area contributed by atoms with Crippen molar-refractivity contribution in [2.45, 2.75) is 6.92 Å². The van der Waals surface area contributed by atoms with Crippen LogP contribution < -0.4 is 0 Å². The van der Waals surface area contributed by atoms with Gasteiger partial charge >= 0.3 is 0 Å². The summed E-state index contributed by atoms with van der Waals surface area (Å²) in [4.78, 5) is 4.89. The van der Waals surface area contributed by atoms with E-state index in [1.165, 1.54) is 54.4 Å². The first-order valence-corrected chi connectivity index (χ1v) is 12.1. The zero-order valence-corrected chi connectivity index (χ0v) is 19.5. The number of pyridine rings is 1. The van der Waals surface area contributed by atoms with Gasteiger partial charge in [0.2, 0.25) is 0 Å². The van der Waals surface area contributed by atoms with E-state index in [4.69, 9.17) is 4.98 Å². The van der Waals surface area contributed by atoms with Crippen LogP contribution in [0.25, 0.3) is 65.6 Å². The van der Waals surface area contributed by atoms with Crippen LogP contribution in [0.5, 0.6) is 0 Å². The van der Waals surface area contributed by atoms with E-state index in [0.29, 0.717) is 0 Å². The summed E-state index contributed by atoms with van der Waals surface area (Å²) in [6, 6.07) is 43.6. The van der Waals surface area contributed by atoms with Crippen molar-refractivity contribution in [1.29, 1.82) is 0 Å². The molecule has 0 aliphatic carbocycles. The zero-order valence-electron chi connectivity index (χ0n) is 19.5. The molecule has 0 atom stereocenters. The molecule has 0 aliphatic heterocycles. The van der Waals surface area contributed by atoms with E-state index in [9.17, 15) is 0 Å². The van der Waals surface area contributed by atoms with Gasteiger partial charge in [0, 0.05) is 10.9 Å². The van der Waals surface area contributed by atoms with Crippen molar-refractivity contribution in [2.75, 3.05) is 0 Å². The molecule has 1 heterocycles. The van der Waals surface area contributed by atoms with Gasteiger partial charge in [-0.25, -0.2) is 4.98 Å². The predicted octanol–water partition coefficient (Wildman–Crippen LogP) is 9.34. The summed E-state index contributed by atoms with van der Waals surface area (Å²) in [5.74, 6) is 0. The fourth-order valence-electron chi connectivity index (χ4n) is 5.44. The van der Waals surface area contributed by atoms with Gasteiger partial charge in [0.05, 0.1) is 11.2 Å². The third-order valence-corrected chi connectivity index (χ3v) is 7.22. The van der Waals surface area contributed by atoms with Crippen LogP contribution in [0.1, 0.15) is 5.56 Å². The van der Waals surface area contributed by atoms with Crippen molar-refractivity contribution >= 4 is 43.2 Å². The monoisotopic (exact) mass is 445 g/mol. The quantitative estimate of drug-likeness (QED) is 0.242. The number of hydrogen-bond donors (Lipinski definition) is 0. The summed E-state index contributed by atoms with van der Waals surface area (Å²) in [5.41, 5.74) is 7.07. The van der Waals surface area contributed by atoms with Crippen LogP contribution in [0.3, 0.4) is 0 Å². The van der Waals surface area contributed by atoms with E-state index < -0.39 is 0 Å². The Morgan fingerprint density at radius 1 is 0.457 bits per heavy atom. The van der Waals surface area contributed by atoms with Gasteiger partial charge in [0.25, 0.3) is 0 Å². The molecule has 0 N–H and O–H groups in total. The van der Waals surface area contributed by atoms with Crippen LogP contribution in [0, 0.1) is 6.92 Å². The zero-order chi connectivity index (χ0) is 23.4. The van der Waals surface area contributed by atoms with Crippen molar-refractivity contribution in [1.82, 2.24) is 4.98 Å². The van der Waals surface area contributed by atoms with Gasteiger partial charge in [-0.3, -0.25) is 0 Å². The lowest BCUT2D eigenvalue weighted by atomic mass is 9.88. The summed E-state index contributed by atoms with van der Waals surface area (Å²) in [7, 11) is 0. The molecule has 1 heteroatoms. The molecule has 0 spiro atoms. The number of aromatic nitrogens is 1. The summed E-state index contributed by atoms with van der Waals surface area (Å²) >= 11 is 0. The fourth-order valence-corrected chi connectivity index (χ4v) is 5.44. The third-order valence-electron chi connectivity index (χ3n) is 7.22. The molecule has 0 aliphatic rings. The smallest absolute Gasteiger partial charge is 0.0709 e. The van der Waals surface area contributed by atoms with Crippen molar-refractivity contribution in [3.05, 3.63) is 127 Å². The molecule has 164 valence electrons. The molecule has 1 nitrogen and oxygen atoms in total. The second-order valence-electron chi connectivity index (χ2n) is 9.26. The van der Waals surface area contributed by atoms with E-state index in [2.05, 4.69) is 122 Å². The van der Waals surface area contributed by atoms with E-state index >= 15 is 0 Å². The molecule has 0 amide bonds. The van der Waals surface area contributed by atoms with E-state index in [1.807, 2.05) is 6.07 Å². The molecular weight excluding hydrogens is 422 g/mol. The summed E-state index contributed by atoms with van der Waals surface area (Å²) in [5, 5.41) is 8.88. The maximum atomic E-state index is 4.89. The standard InChI is InChI=1S/C34H23N/c1-22-28-9-3-5-11-30(28)34(31-12-6-4-10-29(22)31)27-17-15-24-20-26(16-14-25(24)21-27)33-19-18-23-8-2-7-13-32(23)35-33/h2-21H,1H3. The highest BCUT2D eigenvalue weighted by molar-refractivity contribution is 6.15. The Hall–Kier alpha value is -4.49. The highest BCUT2D eigenvalue weighted by Gasteiger charge is 2.13. The van der Waals surface area contributed by atoms with Crippen LogP contribution in [-0.4, -0.2) is 4.98 Å². The Kier molecular flexibility index (Phi) is 4.43. The summed E-state index contributed by atoms with van der Waals surface area (Å²) < 4.78 is 0. The van der Waals surface area contributed by atoms with Crippen molar-refractivity contribution in [3.8, 4) is 22.4 Å². The topological polar surface area (TPSA) is 12.9 Å². The van der Waals surface area contributed by atoms with Crippen LogP contribution in [0.2, 0.25) is 0 Å². The average molecular weight is 446 g/mol. The van der Waals surface area contributed by atoms with Crippen molar-refractivity contribution in [3.63, 3.8) is 0 Å². The average Bonchev–Trinajstić information content (AvgIpc) is 2.93. The molecule has 6 aromatic carbocycles. The number of nitrogens with zero attached hydrogens (tertiary/aromatic N) is 1. The molecule has 0 fully saturated rings. The first-order chi connectivity index (χ1) is 17.3. The summed E-state index contributed by atoms with van der Waals surface area (Å²) in [6.07, 6.45) is 0. The van der Waals surface area contributed by atoms with Crippen LogP contribution >= 0.6 is 0 Å². The minimum atomic E-state index is 1.00. The molecule has 0 radical (unpaired) electrons. The minimum Gasteiger partial charge on any atom is -0.248 e.